The van der Waals surface area contributed by atoms with Gasteiger partial charge in [-0.15, -0.1) is 0 Å². The van der Waals surface area contributed by atoms with Crippen LogP contribution in [0.3, 0.4) is 0 Å². The molecule has 0 aliphatic rings. The minimum Gasteiger partial charge on any atom is -0.353 e. The molecular formula is C14H29NO. The van der Waals surface area contributed by atoms with E-state index >= 15 is 0 Å². The molecule has 1 atom stereocenters. The summed E-state index contributed by atoms with van der Waals surface area (Å²) in [7, 11) is 0. The Kier molecular flexibility index (Phi) is 7.44. The largest absolute Gasteiger partial charge is 0.353 e. The Balaban J connectivity index is 3.88. The molecule has 1 unspecified atom stereocenters. The van der Waals surface area contributed by atoms with E-state index in [1.807, 2.05) is 0 Å². The van der Waals surface area contributed by atoms with Crippen LogP contribution in [-0.4, -0.2) is 11.9 Å². The van der Waals surface area contributed by atoms with Crippen LogP contribution >= 0.6 is 0 Å². The van der Waals surface area contributed by atoms with Gasteiger partial charge in [-0.2, -0.15) is 0 Å². The number of amides is 1. The molecule has 1 amide bonds. The molecule has 0 spiro atoms. The average molecular weight is 227 g/mol. The molecule has 0 radical (unpaired) electrons. The van der Waals surface area contributed by atoms with Crippen molar-refractivity contribution >= 4 is 5.91 Å². The van der Waals surface area contributed by atoms with Gasteiger partial charge in [0, 0.05) is 12.5 Å². The van der Waals surface area contributed by atoms with Crippen molar-refractivity contribution in [3.8, 4) is 0 Å². The Morgan fingerprint density at radius 2 is 1.81 bits per heavy atom. The molecule has 0 bridgehead atoms. The fraction of sp³-hybridized carbons (Fsp3) is 0.929. The quantitative estimate of drug-likeness (QED) is 0.657. The highest BCUT2D eigenvalue weighted by Gasteiger charge is 2.17. The van der Waals surface area contributed by atoms with Crippen molar-refractivity contribution in [1.82, 2.24) is 5.32 Å². The van der Waals surface area contributed by atoms with Crippen LogP contribution in [0.5, 0.6) is 0 Å². The van der Waals surface area contributed by atoms with Crippen molar-refractivity contribution in [3.05, 3.63) is 0 Å². The second-order valence-corrected chi connectivity index (χ2v) is 5.91. The number of nitrogens with one attached hydrogen (secondary N) is 1. The standard InChI is InChI=1S/C14H29NO/c1-6-8-9-10-12(7-2)15-13(16)11-14(3,4)5/h12H,6-11H2,1-5H3,(H,15,16). The summed E-state index contributed by atoms with van der Waals surface area (Å²) >= 11 is 0. The zero-order valence-electron chi connectivity index (χ0n) is 11.7. The zero-order valence-corrected chi connectivity index (χ0v) is 11.7. The third-order valence-corrected chi connectivity index (χ3v) is 2.70. The van der Waals surface area contributed by atoms with E-state index in [1.165, 1.54) is 19.3 Å². The Morgan fingerprint density at radius 3 is 2.25 bits per heavy atom. The smallest absolute Gasteiger partial charge is 0.220 e. The van der Waals surface area contributed by atoms with Crippen LogP contribution in [-0.2, 0) is 4.79 Å². The molecule has 0 aromatic heterocycles. The molecule has 0 saturated heterocycles. The number of hydrogen-bond donors (Lipinski definition) is 1. The van der Waals surface area contributed by atoms with Crippen LogP contribution in [0.4, 0.5) is 0 Å². The Hall–Kier alpha value is -0.530. The lowest BCUT2D eigenvalue weighted by molar-refractivity contribution is -0.123. The summed E-state index contributed by atoms with van der Waals surface area (Å²) in [6.45, 7) is 10.7. The minimum atomic E-state index is 0.0891. The van der Waals surface area contributed by atoms with Gasteiger partial charge in [0.05, 0.1) is 0 Å². The lowest BCUT2D eigenvalue weighted by atomic mass is 9.91. The lowest BCUT2D eigenvalue weighted by Crippen LogP contribution is -2.36. The van der Waals surface area contributed by atoms with Crippen molar-refractivity contribution in [2.45, 2.75) is 79.2 Å². The summed E-state index contributed by atoms with van der Waals surface area (Å²) in [6, 6.07) is 0.376. The van der Waals surface area contributed by atoms with E-state index in [0.29, 0.717) is 12.5 Å². The maximum atomic E-state index is 11.7. The van der Waals surface area contributed by atoms with Gasteiger partial charge in [0.2, 0.25) is 5.91 Å². The molecule has 2 heteroatoms. The summed E-state index contributed by atoms with van der Waals surface area (Å²) in [5.41, 5.74) is 0.0891. The van der Waals surface area contributed by atoms with Gasteiger partial charge in [-0.3, -0.25) is 4.79 Å². The highest BCUT2D eigenvalue weighted by atomic mass is 16.1. The summed E-state index contributed by atoms with van der Waals surface area (Å²) in [5.74, 6) is 0.204. The van der Waals surface area contributed by atoms with E-state index in [9.17, 15) is 4.79 Å². The van der Waals surface area contributed by atoms with Crippen molar-refractivity contribution in [3.63, 3.8) is 0 Å². The minimum absolute atomic E-state index is 0.0891. The van der Waals surface area contributed by atoms with Gasteiger partial charge in [-0.25, -0.2) is 0 Å². The molecule has 2 nitrogen and oxygen atoms in total. The summed E-state index contributed by atoms with van der Waals surface area (Å²) in [4.78, 5) is 11.7. The zero-order chi connectivity index (χ0) is 12.6. The lowest BCUT2D eigenvalue weighted by Gasteiger charge is -2.21. The van der Waals surface area contributed by atoms with E-state index in [-0.39, 0.29) is 11.3 Å². The second-order valence-electron chi connectivity index (χ2n) is 5.91. The highest BCUT2D eigenvalue weighted by molar-refractivity contribution is 5.76. The highest BCUT2D eigenvalue weighted by Crippen LogP contribution is 2.18. The Bertz CT molecular complexity index is 193. The molecule has 0 fully saturated rings. The SMILES string of the molecule is CCCCCC(CC)NC(=O)CC(C)(C)C. The number of rotatable bonds is 7. The monoisotopic (exact) mass is 227 g/mol. The molecule has 96 valence electrons. The van der Waals surface area contributed by atoms with Gasteiger partial charge in [-0.05, 0) is 18.3 Å². The molecule has 0 aliphatic heterocycles. The first-order chi connectivity index (χ1) is 7.39. The van der Waals surface area contributed by atoms with Crippen molar-refractivity contribution in [2.24, 2.45) is 5.41 Å². The maximum absolute atomic E-state index is 11.7. The fourth-order valence-corrected chi connectivity index (χ4v) is 1.78. The van der Waals surface area contributed by atoms with Gasteiger partial charge < -0.3 is 5.32 Å². The molecular weight excluding hydrogens is 198 g/mol. The summed E-state index contributed by atoms with van der Waals surface area (Å²) in [6.07, 6.45) is 6.53. The normalized spacial score (nSPS) is 13.6. The molecule has 16 heavy (non-hydrogen) atoms. The molecule has 0 rings (SSSR count). The molecule has 0 heterocycles. The van der Waals surface area contributed by atoms with E-state index < -0.39 is 0 Å². The van der Waals surface area contributed by atoms with E-state index in [1.54, 1.807) is 0 Å². The third kappa shape index (κ3) is 8.75. The summed E-state index contributed by atoms with van der Waals surface area (Å²) < 4.78 is 0. The molecule has 0 aromatic carbocycles. The van der Waals surface area contributed by atoms with Crippen LogP contribution in [0.2, 0.25) is 0 Å². The Morgan fingerprint density at radius 1 is 1.19 bits per heavy atom. The van der Waals surface area contributed by atoms with E-state index in [4.69, 9.17) is 0 Å². The predicted octanol–water partition coefficient (Wildman–Crippen LogP) is 3.90. The van der Waals surface area contributed by atoms with Crippen LogP contribution in [0.15, 0.2) is 0 Å². The number of carbonyl (C=O) groups excluding carboxylic acids is 1. The Labute approximate surface area is 101 Å². The molecule has 0 saturated carbocycles. The molecule has 0 aliphatic carbocycles. The van der Waals surface area contributed by atoms with Gasteiger partial charge in [-0.1, -0.05) is 53.9 Å². The maximum Gasteiger partial charge on any atom is 0.220 e. The van der Waals surface area contributed by atoms with Gasteiger partial charge >= 0.3 is 0 Å². The van der Waals surface area contributed by atoms with E-state index in [0.717, 1.165) is 12.8 Å². The first kappa shape index (κ1) is 15.5. The predicted molar refractivity (Wildman–Crippen MR) is 70.4 cm³/mol. The topological polar surface area (TPSA) is 29.1 Å². The van der Waals surface area contributed by atoms with E-state index in [2.05, 4.69) is 39.9 Å². The second kappa shape index (κ2) is 7.70. The third-order valence-electron chi connectivity index (χ3n) is 2.70. The molecule has 0 aromatic rings. The average Bonchev–Trinajstić information content (AvgIpc) is 2.13. The summed E-state index contributed by atoms with van der Waals surface area (Å²) in [5, 5.41) is 3.14. The van der Waals surface area contributed by atoms with Crippen molar-refractivity contribution < 1.29 is 4.79 Å². The van der Waals surface area contributed by atoms with Gasteiger partial charge in [0.1, 0.15) is 0 Å². The van der Waals surface area contributed by atoms with Crippen LogP contribution in [0.1, 0.15) is 73.1 Å². The fourth-order valence-electron chi connectivity index (χ4n) is 1.78. The van der Waals surface area contributed by atoms with Crippen molar-refractivity contribution in [1.29, 1.82) is 0 Å². The number of carbonyl (C=O) groups is 1. The van der Waals surface area contributed by atoms with Crippen LogP contribution in [0.25, 0.3) is 0 Å². The van der Waals surface area contributed by atoms with Gasteiger partial charge in [0.15, 0.2) is 0 Å². The van der Waals surface area contributed by atoms with Crippen LogP contribution < -0.4 is 5.32 Å². The number of unbranched alkanes of at least 4 members (excludes halogenated alkanes) is 2. The first-order valence-electron chi connectivity index (χ1n) is 6.68. The first-order valence-corrected chi connectivity index (χ1v) is 6.68. The van der Waals surface area contributed by atoms with Crippen molar-refractivity contribution in [2.75, 3.05) is 0 Å². The van der Waals surface area contributed by atoms with Crippen LogP contribution in [0, 0.1) is 5.41 Å². The molecule has 1 N–H and O–H groups in total. The number of hydrogen-bond acceptors (Lipinski definition) is 1. The van der Waals surface area contributed by atoms with Gasteiger partial charge in [0.25, 0.3) is 0 Å².